The molecule has 0 atom stereocenters. The van der Waals surface area contributed by atoms with E-state index in [4.69, 9.17) is 11.5 Å². The van der Waals surface area contributed by atoms with Gasteiger partial charge in [-0.1, -0.05) is 29.8 Å². The number of nitrogens with two attached hydrogens (primary N) is 2. The molecular formula is C11H11N5O. The summed E-state index contributed by atoms with van der Waals surface area (Å²) in [7, 11) is 0. The number of nitrogen functional groups attached to an aromatic ring is 2. The molecule has 0 amide bonds. The number of nitroso groups, excluding NO2 is 1. The maximum atomic E-state index is 10.5. The molecule has 4 N–H and O–H groups in total. The summed E-state index contributed by atoms with van der Waals surface area (Å²) >= 11 is 0. The quantitative estimate of drug-likeness (QED) is 0.766. The fraction of sp³-hybridized carbons (Fsp3) is 0.0909. The van der Waals surface area contributed by atoms with Gasteiger partial charge in [0.05, 0.1) is 0 Å². The van der Waals surface area contributed by atoms with E-state index in [9.17, 15) is 4.91 Å². The standard InChI is InChI=1S/C11H11N5O/c1-6-2-4-7(5-3-6)11-14-9(12)8(16-17)10(13)15-11/h2-5H,1H3,(H4,12,13,14,15). The normalized spacial score (nSPS) is 10.2. The molecule has 6 heteroatoms. The Morgan fingerprint density at radius 1 is 1.06 bits per heavy atom. The Bertz CT molecular complexity index is 542. The highest BCUT2D eigenvalue weighted by atomic mass is 16.3. The third-order valence-electron chi connectivity index (χ3n) is 2.34. The second-order valence-corrected chi connectivity index (χ2v) is 3.62. The molecule has 17 heavy (non-hydrogen) atoms. The molecule has 0 fully saturated rings. The van der Waals surface area contributed by atoms with Crippen molar-refractivity contribution in [3.63, 3.8) is 0 Å². The Hall–Kier alpha value is -2.50. The average molecular weight is 229 g/mol. The summed E-state index contributed by atoms with van der Waals surface area (Å²) in [6.45, 7) is 1.98. The zero-order valence-corrected chi connectivity index (χ0v) is 9.21. The fourth-order valence-electron chi connectivity index (χ4n) is 1.42. The molecule has 2 rings (SSSR count). The van der Waals surface area contributed by atoms with Crippen molar-refractivity contribution in [2.24, 2.45) is 5.18 Å². The van der Waals surface area contributed by atoms with E-state index in [0.717, 1.165) is 11.1 Å². The van der Waals surface area contributed by atoms with Gasteiger partial charge in [0.2, 0.25) is 0 Å². The predicted molar refractivity (Wildman–Crippen MR) is 66.5 cm³/mol. The van der Waals surface area contributed by atoms with Gasteiger partial charge in [-0.05, 0) is 12.1 Å². The largest absolute Gasteiger partial charge is 0.382 e. The van der Waals surface area contributed by atoms with Crippen LogP contribution in [0.15, 0.2) is 29.4 Å². The molecule has 0 aliphatic rings. The molecule has 0 spiro atoms. The van der Waals surface area contributed by atoms with Gasteiger partial charge in [0.15, 0.2) is 23.1 Å². The van der Waals surface area contributed by atoms with E-state index in [1.807, 2.05) is 31.2 Å². The summed E-state index contributed by atoms with van der Waals surface area (Å²) in [4.78, 5) is 18.4. The van der Waals surface area contributed by atoms with Gasteiger partial charge >= 0.3 is 0 Å². The number of anilines is 2. The van der Waals surface area contributed by atoms with Crippen LogP contribution in [-0.2, 0) is 0 Å². The molecule has 0 radical (unpaired) electrons. The lowest BCUT2D eigenvalue weighted by Gasteiger charge is -2.05. The smallest absolute Gasteiger partial charge is 0.192 e. The maximum absolute atomic E-state index is 10.5. The first kappa shape index (κ1) is 11.0. The first-order valence-corrected chi connectivity index (χ1v) is 4.95. The van der Waals surface area contributed by atoms with Crippen LogP contribution in [0.4, 0.5) is 17.3 Å². The molecule has 86 valence electrons. The van der Waals surface area contributed by atoms with Crippen molar-refractivity contribution in [1.82, 2.24) is 9.97 Å². The number of aryl methyl sites for hydroxylation is 1. The van der Waals surface area contributed by atoms with Crippen LogP contribution >= 0.6 is 0 Å². The highest BCUT2D eigenvalue weighted by Crippen LogP contribution is 2.28. The van der Waals surface area contributed by atoms with Gasteiger partial charge in [-0.2, -0.15) is 0 Å². The van der Waals surface area contributed by atoms with E-state index in [2.05, 4.69) is 15.1 Å². The van der Waals surface area contributed by atoms with E-state index in [-0.39, 0.29) is 17.3 Å². The molecular weight excluding hydrogens is 218 g/mol. The maximum Gasteiger partial charge on any atom is 0.192 e. The van der Waals surface area contributed by atoms with Gasteiger partial charge in [-0.25, -0.2) is 9.97 Å². The van der Waals surface area contributed by atoms with Crippen LogP contribution in [0.25, 0.3) is 11.4 Å². The molecule has 0 saturated carbocycles. The Balaban J connectivity index is 2.54. The highest BCUT2D eigenvalue weighted by Gasteiger charge is 2.11. The molecule has 0 unspecified atom stereocenters. The number of hydrogen-bond donors (Lipinski definition) is 2. The average Bonchev–Trinajstić information content (AvgIpc) is 2.29. The van der Waals surface area contributed by atoms with E-state index < -0.39 is 0 Å². The fourth-order valence-corrected chi connectivity index (χ4v) is 1.42. The number of hydrogen-bond acceptors (Lipinski definition) is 6. The van der Waals surface area contributed by atoms with E-state index in [0.29, 0.717) is 5.82 Å². The molecule has 1 heterocycles. The zero-order chi connectivity index (χ0) is 12.4. The minimum absolute atomic E-state index is 0.0110. The van der Waals surface area contributed by atoms with Crippen molar-refractivity contribution in [2.45, 2.75) is 6.92 Å². The molecule has 0 bridgehead atoms. The Morgan fingerprint density at radius 2 is 1.59 bits per heavy atom. The van der Waals surface area contributed by atoms with Crippen molar-refractivity contribution in [1.29, 1.82) is 0 Å². The SMILES string of the molecule is Cc1ccc(-c2nc(N)c(N=O)c(N)n2)cc1. The molecule has 2 aromatic rings. The van der Waals surface area contributed by atoms with Crippen molar-refractivity contribution in [3.05, 3.63) is 34.7 Å². The lowest BCUT2D eigenvalue weighted by Crippen LogP contribution is -2.01. The summed E-state index contributed by atoms with van der Waals surface area (Å²) < 4.78 is 0. The van der Waals surface area contributed by atoms with Gasteiger partial charge in [-0.3, -0.25) is 0 Å². The van der Waals surface area contributed by atoms with Gasteiger partial charge in [0.1, 0.15) is 0 Å². The molecule has 0 aliphatic heterocycles. The van der Waals surface area contributed by atoms with Gasteiger partial charge < -0.3 is 11.5 Å². The van der Waals surface area contributed by atoms with Crippen LogP contribution in [-0.4, -0.2) is 9.97 Å². The highest BCUT2D eigenvalue weighted by molar-refractivity contribution is 5.73. The third-order valence-corrected chi connectivity index (χ3v) is 2.34. The van der Waals surface area contributed by atoms with Crippen molar-refractivity contribution < 1.29 is 0 Å². The zero-order valence-electron chi connectivity index (χ0n) is 9.21. The molecule has 1 aromatic heterocycles. The minimum Gasteiger partial charge on any atom is -0.382 e. The molecule has 1 aromatic carbocycles. The Kier molecular flexibility index (Phi) is 2.70. The Labute approximate surface area is 97.7 Å². The number of benzene rings is 1. The van der Waals surface area contributed by atoms with Crippen LogP contribution in [0.5, 0.6) is 0 Å². The van der Waals surface area contributed by atoms with E-state index >= 15 is 0 Å². The van der Waals surface area contributed by atoms with Crippen LogP contribution < -0.4 is 11.5 Å². The third kappa shape index (κ3) is 2.05. The van der Waals surface area contributed by atoms with Crippen LogP contribution in [0, 0.1) is 11.8 Å². The Morgan fingerprint density at radius 3 is 2.06 bits per heavy atom. The lowest BCUT2D eigenvalue weighted by molar-refractivity contribution is 1.18. The van der Waals surface area contributed by atoms with Gasteiger partial charge in [0.25, 0.3) is 0 Å². The summed E-state index contributed by atoms with van der Waals surface area (Å²) in [6, 6.07) is 7.57. The van der Waals surface area contributed by atoms with Gasteiger partial charge in [0, 0.05) is 5.56 Å². The second-order valence-electron chi connectivity index (χ2n) is 3.62. The van der Waals surface area contributed by atoms with Crippen molar-refractivity contribution in [3.8, 4) is 11.4 Å². The number of nitrogens with zero attached hydrogens (tertiary/aromatic N) is 3. The van der Waals surface area contributed by atoms with Crippen LogP contribution in [0.2, 0.25) is 0 Å². The molecule has 6 nitrogen and oxygen atoms in total. The van der Waals surface area contributed by atoms with Gasteiger partial charge in [-0.15, -0.1) is 4.91 Å². The monoisotopic (exact) mass is 229 g/mol. The second kappa shape index (κ2) is 4.17. The summed E-state index contributed by atoms with van der Waals surface area (Å²) in [5.41, 5.74) is 12.9. The summed E-state index contributed by atoms with van der Waals surface area (Å²) in [6.07, 6.45) is 0. The topological polar surface area (TPSA) is 107 Å². The summed E-state index contributed by atoms with van der Waals surface area (Å²) in [5, 5.41) is 2.69. The summed E-state index contributed by atoms with van der Waals surface area (Å²) in [5.74, 6) is 0.360. The van der Waals surface area contributed by atoms with Crippen molar-refractivity contribution in [2.75, 3.05) is 11.5 Å². The van der Waals surface area contributed by atoms with Crippen LogP contribution in [0.1, 0.15) is 5.56 Å². The van der Waals surface area contributed by atoms with E-state index in [1.165, 1.54) is 0 Å². The van der Waals surface area contributed by atoms with Crippen molar-refractivity contribution >= 4 is 17.3 Å². The minimum atomic E-state index is -0.110. The first-order chi connectivity index (χ1) is 8.11. The molecule has 0 aliphatic carbocycles. The lowest BCUT2D eigenvalue weighted by atomic mass is 10.1. The number of rotatable bonds is 2. The first-order valence-electron chi connectivity index (χ1n) is 4.95. The van der Waals surface area contributed by atoms with E-state index in [1.54, 1.807) is 0 Å². The van der Waals surface area contributed by atoms with Crippen LogP contribution in [0.3, 0.4) is 0 Å². The number of aromatic nitrogens is 2. The predicted octanol–water partition coefficient (Wildman–Crippen LogP) is 2.01. The molecule has 0 saturated heterocycles.